The fourth-order valence-corrected chi connectivity index (χ4v) is 2.28. The number of aryl methyl sites for hydroxylation is 1. The summed E-state index contributed by atoms with van der Waals surface area (Å²) in [5, 5.41) is 0.658. The molecule has 100 valence electrons. The summed E-state index contributed by atoms with van der Waals surface area (Å²) in [4.78, 5) is 2.42. The van der Waals surface area contributed by atoms with Gasteiger partial charge in [-0.25, -0.2) is 0 Å². The number of rotatable bonds is 4. The number of hydrogen-bond acceptors (Lipinski definition) is 3. The summed E-state index contributed by atoms with van der Waals surface area (Å²) in [6.07, 6.45) is 1.69. The zero-order valence-electron chi connectivity index (χ0n) is 10.8. The first kappa shape index (κ1) is 13.9. The average molecular weight is 295 g/mol. The van der Waals surface area contributed by atoms with Crippen molar-refractivity contribution in [3.05, 3.63) is 52.4 Å². The molecule has 0 aliphatic carbocycles. The van der Waals surface area contributed by atoms with Crippen LogP contribution in [0.5, 0.6) is 0 Å². The molecule has 1 aromatic carbocycles. The molecule has 5 heteroatoms. The third-order valence-electron chi connectivity index (χ3n) is 3.01. The molecule has 0 radical (unpaired) electrons. The van der Waals surface area contributed by atoms with E-state index < -0.39 is 0 Å². The van der Waals surface area contributed by atoms with Crippen molar-refractivity contribution in [1.82, 2.24) is 0 Å². The van der Waals surface area contributed by atoms with Crippen molar-refractivity contribution in [1.29, 1.82) is 0 Å². The van der Waals surface area contributed by atoms with E-state index in [0.29, 0.717) is 16.6 Å². The average Bonchev–Trinajstić information content (AvgIpc) is 2.74. The molecule has 1 aromatic heterocycles. The molecular formula is C14H15ClN2OS. The summed E-state index contributed by atoms with van der Waals surface area (Å²) in [5.41, 5.74) is 8.61. The number of benzene rings is 1. The van der Waals surface area contributed by atoms with Gasteiger partial charge in [0.2, 0.25) is 0 Å². The highest BCUT2D eigenvalue weighted by Gasteiger charge is 2.12. The van der Waals surface area contributed by atoms with Crippen LogP contribution in [0.3, 0.4) is 0 Å². The first-order valence-electron chi connectivity index (χ1n) is 5.82. The molecule has 0 amide bonds. The predicted molar refractivity (Wildman–Crippen MR) is 82.9 cm³/mol. The second kappa shape index (κ2) is 5.63. The number of nitrogens with zero attached hydrogens (tertiary/aromatic N) is 1. The van der Waals surface area contributed by atoms with E-state index in [1.807, 2.05) is 32.2 Å². The monoisotopic (exact) mass is 294 g/mol. The molecule has 0 fully saturated rings. The van der Waals surface area contributed by atoms with Crippen LogP contribution in [0.25, 0.3) is 0 Å². The maximum atomic E-state index is 6.05. The second-order valence-electron chi connectivity index (χ2n) is 4.38. The van der Waals surface area contributed by atoms with E-state index in [0.717, 1.165) is 22.6 Å². The molecule has 1 heterocycles. The van der Waals surface area contributed by atoms with Crippen LogP contribution in [0.15, 0.2) is 34.9 Å². The van der Waals surface area contributed by atoms with Crippen LogP contribution in [0.2, 0.25) is 5.02 Å². The van der Waals surface area contributed by atoms with Gasteiger partial charge in [0.1, 0.15) is 10.7 Å². The molecule has 2 aromatic rings. The van der Waals surface area contributed by atoms with E-state index in [9.17, 15) is 0 Å². The van der Waals surface area contributed by atoms with Gasteiger partial charge in [-0.15, -0.1) is 0 Å². The van der Waals surface area contributed by atoms with Crippen LogP contribution in [0.4, 0.5) is 5.69 Å². The standard InChI is InChI=1S/C14H15ClN2OS/c1-9-10(5-6-18-9)8-17(2)13-7-11(15)3-4-12(13)14(16)19/h3-7H,8H2,1-2H3,(H2,16,19). The van der Waals surface area contributed by atoms with Gasteiger partial charge in [-0.2, -0.15) is 0 Å². The number of thiocarbonyl (C=S) groups is 1. The molecule has 0 atom stereocenters. The minimum atomic E-state index is 0.363. The molecule has 19 heavy (non-hydrogen) atoms. The van der Waals surface area contributed by atoms with Crippen LogP contribution >= 0.6 is 23.8 Å². The maximum absolute atomic E-state index is 6.05. The molecular weight excluding hydrogens is 280 g/mol. The Bertz CT molecular complexity index is 609. The Morgan fingerprint density at radius 3 is 2.74 bits per heavy atom. The highest BCUT2D eigenvalue weighted by molar-refractivity contribution is 7.80. The van der Waals surface area contributed by atoms with E-state index in [1.165, 1.54) is 0 Å². The van der Waals surface area contributed by atoms with Gasteiger partial charge in [0.05, 0.1) is 6.26 Å². The summed E-state index contributed by atoms with van der Waals surface area (Å²) in [6.45, 7) is 2.65. The van der Waals surface area contributed by atoms with E-state index in [2.05, 4.69) is 4.90 Å². The summed E-state index contributed by atoms with van der Waals surface area (Å²) in [7, 11) is 1.97. The SMILES string of the molecule is Cc1occc1CN(C)c1cc(Cl)ccc1C(N)=S. The molecule has 0 bridgehead atoms. The van der Waals surface area contributed by atoms with Crippen LogP contribution in [-0.2, 0) is 6.54 Å². The summed E-state index contributed by atoms with van der Waals surface area (Å²) in [6, 6.07) is 7.46. The Kier molecular flexibility index (Phi) is 4.12. The van der Waals surface area contributed by atoms with Crippen molar-refractivity contribution in [2.45, 2.75) is 13.5 Å². The first-order valence-corrected chi connectivity index (χ1v) is 6.61. The number of nitrogens with two attached hydrogens (primary N) is 1. The second-order valence-corrected chi connectivity index (χ2v) is 5.26. The molecule has 2 rings (SSSR count). The number of anilines is 1. The van der Waals surface area contributed by atoms with Crippen molar-refractivity contribution in [2.75, 3.05) is 11.9 Å². The van der Waals surface area contributed by atoms with E-state index in [1.54, 1.807) is 12.3 Å². The van der Waals surface area contributed by atoms with Gasteiger partial charge in [0.15, 0.2) is 0 Å². The van der Waals surface area contributed by atoms with E-state index >= 15 is 0 Å². The molecule has 0 saturated heterocycles. The van der Waals surface area contributed by atoms with Crippen LogP contribution < -0.4 is 10.6 Å². The fraction of sp³-hybridized carbons (Fsp3) is 0.214. The Morgan fingerprint density at radius 2 is 2.16 bits per heavy atom. The van der Waals surface area contributed by atoms with Gasteiger partial charge in [0, 0.05) is 35.4 Å². The van der Waals surface area contributed by atoms with Gasteiger partial charge in [-0.1, -0.05) is 23.8 Å². The highest BCUT2D eigenvalue weighted by atomic mass is 35.5. The molecule has 0 aliphatic heterocycles. The quantitative estimate of drug-likeness (QED) is 0.876. The van der Waals surface area contributed by atoms with Crippen LogP contribution in [0.1, 0.15) is 16.9 Å². The third kappa shape index (κ3) is 3.08. The molecule has 0 unspecified atom stereocenters. The van der Waals surface area contributed by atoms with Gasteiger partial charge in [-0.3, -0.25) is 0 Å². The fourth-order valence-electron chi connectivity index (χ4n) is 1.94. The largest absolute Gasteiger partial charge is 0.469 e. The minimum Gasteiger partial charge on any atom is -0.469 e. The number of hydrogen-bond donors (Lipinski definition) is 1. The Balaban J connectivity index is 2.32. The lowest BCUT2D eigenvalue weighted by molar-refractivity contribution is 0.529. The van der Waals surface area contributed by atoms with Crippen LogP contribution in [0, 0.1) is 6.92 Å². The summed E-state index contributed by atoms with van der Waals surface area (Å²) >= 11 is 11.1. The lowest BCUT2D eigenvalue weighted by Gasteiger charge is -2.22. The maximum Gasteiger partial charge on any atom is 0.106 e. The Labute approximate surface area is 123 Å². The van der Waals surface area contributed by atoms with Crippen molar-refractivity contribution in [3.8, 4) is 0 Å². The number of furan rings is 1. The molecule has 0 spiro atoms. The van der Waals surface area contributed by atoms with Gasteiger partial charge in [0.25, 0.3) is 0 Å². The molecule has 3 nitrogen and oxygen atoms in total. The lowest BCUT2D eigenvalue weighted by atomic mass is 10.1. The van der Waals surface area contributed by atoms with E-state index in [4.69, 9.17) is 34.0 Å². The highest BCUT2D eigenvalue weighted by Crippen LogP contribution is 2.26. The third-order valence-corrected chi connectivity index (χ3v) is 3.47. The minimum absolute atomic E-state index is 0.363. The zero-order valence-corrected chi connectivity index (χ0v) is 12.4. The normalized spacial score (nSPS) is 10.5. The summed E-state index contributed by atoms with van der Waals surface area (Å²) in [5.74, 6) is 0.908. The Hall–Kier alpha value is -1.52. The zero-order chi connectivity index (χ0) is 14.0. The topological polar surface area (TPSA) is 42.4 Å². The van der Waals surface area contributed by atoms with Crippen molar-refractivity contribution < 1.29 is 4.42 Å². The lowest BCUT2D eigenvalue weighted by Crippen LogP contribution is -2.21. The predicted octanol–water partition coefficient (Wildman–Crippen LogP) is 3.51. The van der Waals surface area contributed by atoms with Crippen molar-refractivity contribution in [3.63, 3.8) is 0 Å². The molecule has 2 N–H and O–H groups in total. The molecule has 0 saturated carbocycles. The first-order chi connectivity index (χ1) is 8.99. The molecule has 0 aliphatic rings. The van der Waals surface area contributed by atoms with Gasteiger partial charge in [-0.05, 0) is 31.2 Å². The van der Waals surface area contributed by atoms with Crippen molar-refractivity contribution in [2.24, 2.45) is 5.73 Å². The van der Waals surface area contributed by atoms with Gasteiger partial charge < -0.3 is 15.1 Å². The number of halogens is 1. The Morgan fingerprint density at radius 1 is 1.42 bits per heavy atom. The van der Waals surface area contributed by atoms with Crippen LogP contribution in [-0.4, -0.2) is 12.0 Å². The summed E-state index contributed by atoms with van der Waals surface area (Å²) < 4.78 is 5.30. The van der Waals surface area contributed by atoms with Gasteiger partial charge >= 0.3 is 0 Å². The van der Waals surface area contributed by atoms with Crippen molar-refractivity contribution >= 4 is 34.5 Å². The smallest absolute Gasteiger partial charge is 0.106 e. The van der Waals surface area contributed by atoms with E-state index in [-0.39, 0.29) is 0 Å².